The van der Waals surface area contributed by atoms with Crippen LogP contribution in [0.5, 0.6) is 0 Å². The first-order chi connectivity index (χ1) is 7.28. The van der Waals surface area contributed by atoms with E-state index >= 15 is 0 Å². The third-order valence-electron chi connectivity index (χ3n) is 2.56. The minimum atomic E-state index is -0.250. The third-order valence-corrected chi connectivity index (χ3v) is 2.76. The number of likely N-dealkylation sites (N-methyl/N-ethyl adjacent to an activating group) is 1. The van der Waals surface area contributed by atoms with Crippen molar-refractivity contribution in [3.8, 4) is 0 Å². The molecule has 0 radical (unpaired) electrons. The molecule has 5 heteroatoms. The molecule has 0 aromatic heterocycles. The Hall–Kier alpha value is -0.680. The largest absolute Gasteiger partial charge is 0.393 e. The van der Waals surface area contributed by atoms with Gasteiger partial charge in [0.2, 0.25) is 5.91 Å². The Morgan fingerprint density at radius 1 is 1.50 bits per heavy atom. The summed E-state index contributed by atoms with van der Waals surface area (Å²) in [6, 6.07) is 0. The van der Waals surface area contributed by atoms with Crippen LogP contribution >= 0.6 is 12.2 Å². The topological polar surface area (TPSA) is 55.6 Å². The highest BCUT2D eigenvalue weighted by atomic mass is 32.1. The Bertz CT molecular complexity index is 254. The molecule has 0 bridgehead atoms. The van der Waals surface area contributed by atoms with Gasteiger partial charge in [0, 0.05) is 20.0 Å². The number of carbonyl (C=O) groups is 1. The predicted octanol–water partition coefficient (Wildman–Crippen LogP) is 1.33. The fourth-order valence-electron chi connectivity index (χ4n) is 0.872. The fraction of sp³-hybridized carbons (Fsp3) is 0.818. The van der Waals surface area contributed by atoms with E-state index in [9.17, 15) is 4.79 Å². The van der Waals surface area contributed by atoms with Crippen LogP contribution in [0.15, 0.2) is 0 Å². The number of ether oxygens (including phenoxy) is 1. The van der Waals surface area contributed by atoms with Crippen LogP contribution in [0.2, 0.25) is 0 Å². The number of rotatable bonds is 7. The van der Waals surface area contributed by atoms with Gasteiger partial charge in [0.05, 0.1) is 10.6 Å². The predicted molar refractivity (Wildman–Crippen MR) is 69.4 cm³/mol. The molecule has 16 heavy (non-hydrogen) atoms. The lowest BCUT2D eigenvalue weighted by molar-refractivity contribution is -0.140. The molecule has 0 aliphatic carbocycles. The Balaban J connectivity index is 3.92. The van der Waals surface area contributed by atoms with Crippen LogP contribution in [-0.2, 0) is 9.53 Å². The minimum absolute atomic E-state index is 0.0437. The van der Waals surface area contributed by atoms with Crippen molar-refractivity contribution in [2.24, 2.45) is 5.73 Å². The molecule has 2 N–H and O–H groups in total. The summed E-state index contributed by atoms with van der Waals surface area (Å²) in [5, 5.41) is 0. The van der Waals surface area contributed by atoms with E-state index in [1.54, 1.807) is 11.9 Å². The average Bonchev–Trinajstić information content (AvgIpc) is 2.22. The van der Waals surface area contributed by atoms with Gasteiger partial charge < -0.3 is 15.4 Å². The molecule has 0 spiro atoms. The summed E-state index contributed by atoms with van der Waals surface area (Å²) in [6.07, 6.45) is 1.42. The van der Waals surface area contributed by atoms with Crippen LogP contribution in [0.25, 0.3) is 0 Å². The van der Waals surface area contributed by atoms with Crippen molar-refractivity contribution in [1.29, 1.82) is 0 Å². The molecule has 0 aliphatic heterocycles. The van der Waals surface area contributed by atoms with Crippen molar-refractivity contribution in [3.63, 3.8) is 0 Å². The molecule has 0 saturated carbocycles. The van der Waals surface area contributed by atoms with Crippen molar-refractivity contribution in [2.75, 3.05) is 20.2 Å². The van der Waals surface area contributed by atoms with E-state index in [-0.39, 0.29) is 18.1 Å². The molecule has 94 valence electrons. The van der Waals surface area contributed by atoms with Gasteiger partial charge in [0.1, 0.15) is 6.61 Å². The molecule has 0 unspecified atom stereocenters. The SMILES string of the molecule is CCC(C)(C)OCC(=O)N(C)CCC(N)=S. The average molecular weight is 246 g/mol. The summed E-state index contributed by atoms with van der Waals surface area (Å²) in [5.41, 5.74) is 5.12. The van der Waals surface area contributed by atoms with Gasteiger partial charge in [-0.2, -0.15) is 0 Å². The van der Waals surface area contributed by atoms with Gasteiger partial charge in [-0.15, -0.1) is 0 Å². The summed E-state index contributed by atoms with van der Waals surface area (Å²) in [7, 11) is 1.73. The molecule has 1 amide bonds. The number of thiocarbonyl (C=S) groups is 1. The molecule has 0 saturated heterocycles. The van der Waals surface area contributed by atoms with E-state index in [1.807, 2.05) is 20.8 Å². The van der Waals surface area contributed by atoms with Gasteiger partial charge in [-0.25, -0.2) is 0 Å². The maximum absolute atomic E-state index is 11.6. The zero-order valence-corrected chi connectivity index (χ0v) is 11.4. The number of nitrogens with two attached hydrogens (primary N) is 1. The molecule has 0 aliphatic rings. The van der Waals surface area contributed by atoms with Crippen LogP contribution in [0.1, 0.15) is 33.6 Å². The van der Waals surface area contributed by atoms with E-state index in [0.717, 1.165) is 6.42 Å². The van der Waals surface area contributed by atoms with Gasteiger partial charge in [0.15, 0.2) is 0 Å². The number of hydrogen-bond acceptors (Lipinski definition) is 3. The standard InChI is InChI=1S/C11H22N2O2S/c1-5-11(2,3)15-8-10(14)13(4)7-6-9(12)16/h5-8H2,1-4H3,(H2,12,16). The quantitative estimate of drug-likeness (QED) is 0.689. The molecule has 0 rings (SSSR count). The zero-order valence-electron chi connectivity index (χ0n) is 10.6. The highest BCUT2D eigenvalue weighted by molar-refractivity contribution is 7.80. The molecule has 0 aromatic rings. The molecule has 0 aromatic carbocycles. The van der Waals surface area contributed by atoms with Crippen LogP contribution in [0.3, 0.4) is 0 Å². The first-order valence-electron chi connectivity index (χ1n) is 5.44. The lowest BCUT2D eigenvalue weighted by Gasteiger charge is -2.25. The zero-order chi connectivity index (χ0) is 12.8. The van der Waals surface area contributed by atoms with Crippen molar-refractivity contribution in [1.82, 2.24) is 4.90 Å². The van der Waals surface area contributed by atoms with Crippen LogP contribution < -0.4 is 5.73 Å². The van der Waals surface area contributed by atoms with Crippen molar-refractivity contribution >= 4 is 23.1 Å². The molecular weight excluding hydrogens is 224 g/mol. The van der Waals surface area contributed by atoms with Gasteiger partial charge >= 0.3 is 0 Å². The van der Waals surface area contributed by atoms with E-state index in [1.165, 1.54) is 0 Å². The summed E-state index contributed by atoms with van der Waals surface area (Å²) in [5.74, 6) is -0.0437. The number of nitrogens with zero attached hydrogens (tertiary/aromatic N) is 1. The summed E-state index contributed by atoms with van der Waals surface area (Å²) in [6.45, 7) is 6.62. The normalized spacial score (nSPS) is 11.2. The lowest BCUT2D eigenvalue weighted by atomic mass is 10.1. The fourth-order valence-corrected chi connectivity index (χ4v) is 0.963. The Labute approximate surface area is 103 Å². The third kappa shape index (κ3) is 6.74. The van der Waals surface area contributed by atoms with Gasteiger partial charge in [-0.05, 0) is 20.3 Å². The Morgan fingerprint density at radius 3 is 2.50 bits per heavy atom. The van der Waals surface area contributed by atoms with Gasteiger partial charge in [-0.3, -0.25) is 4.79 Å². The van der Waals surface area contributed by atoms with E-state index in [0.29, 0.717) is 18.0 Å². The summed E-state index contributed by atoms with van der Waals surface area (Å²) >= 11 is 4.75. The highest BCUT2D eigenvalue weighted by Gasteiger charge is 2.18. The smallest absolute Gasteiger partial charge is 0.248 e. The Morgan fingerprint density at radius 2 is 2.06 bits per heavy atom. The van der Waals surface area contributed by atoms with Crippen LogP contribution in [0, 0.1) is 0 Å². The molecule has 0 fully saturated rings. The van der Waals surface area contributed by atoms with E-state index in [4.69, 9.17) is 22.7 Å². The van der Waals surface area contributed by atoms with Gasteiger partial charge in [0.25, 0.3) is 0 Å². The second-order valence-corrected chi connectivity index (χ2v) is 4.96. The maximum atomic E-state index is 11.6. The second-order valence-electron chi connectivity index (χ2n) is 4.43. The second kappa shape index (κ2) is 6.81. The van der Waals surface area contributed by atoms with E-state index in [2.05, 4.69) is 0 Å². The molecule has 4 nitrogen and oxygen atoms in total. The van der Waals surface area contributed by atoms with Gasteiger partial charge in [-0.1, -0.05) is 19.1 Å². The first kappa shape index (κ1) is 15.3. The van der Waals surface area contributed by atoms with Crippen molar-refractivity contribution in [3.05, 3.63) is 0 Å². The number of amides is 1. The molecular formula is C11H22N2O2S. The molecule has 0 heterocycles. The van der Waals surface area contributed by atoms with Crippen LogP contribution in [0.4, 0.5) is 0 Å². The number of carbonyl (C=O) groups excluding carboxylic acids is 1. The number of hydrogen-bond donors (Lipinski definition) is 1. The summed E-state index contributed by atoms with van der Waals surface area (Å²) < 4.78 is 5.51. The molecule has 0 atom stereocenters. The minimum Gasteiger partial charge on any atom is -0.393 e. The van der Waals surface area contributed by atoms with E-state index < -0.39 is 0 Å². The monoisotopic (exact) mass is 246 g/mol. The summed E-state index contributed by atoms with van der Waals surface area (Å²) in [4.78, 5) is 13.6. The van der Waals surface area contributed by atoms with Crippen LogP contribution in [-0.4, -0.2) is 41.6 Å². The highest BCUT2D eigenvalue weighted by Crippen LogP contribution is 2.13. The maximum Gasteiger partial charge on any atom is 0.248 e. The van der Waals surface area contributed by atoms with Crippen molar-refractivity contribution < 1.29 is 9.53 Å². The van der Waals surface area contributed by atoms with Crippen molar-refractivity contribution in [2.45, 2.75) is 39.2 Å². The first-order valence-corrected chi connectivity index (χ1v) is 5.85. The Kier molecular flexibility index (Phi) is 6.52. The lowest BCUT2D eigenvalue weighted by Crippen LogP contribution is -2.36.